The molecule has 0 bridgehead atoms. The van der Waals surface area contributed by atoms with E-state index in [0.29, 0.717) is 11.6 Å². The molecule has 4 heteroatoms. The van der Waals surface area contributed by atoms with Crippen LogP contribution in [0.2, 0.25) is 0 Å². The van der Waals surface area contributed by atoms with Crippen LogP contribution in [0.15, 0.2) is 218 Å². The van der Waals surface area contributed by atoms with Crippen molar-refractivity contribution >= 4 is 10.9 Å². The Kier molecular flexibility index (Phi) is 9.18. The van der Waals surface area contributed by atoms with E-state index in [1.165, 1.54) is 5.56 Å². The lowest BCUT2D eigenvalue weighted by Gasteiger charge is -2.14. The monoisotopic (exact) mass is 740 g/mol. The summed E-state index contributed by atoms with van der Waals surface area (Å²) in [6, 6.07) is 75.7. The van der Waals surface area contributed by atoms with E-state index in [4.69, 9.17) is 19.9 Å². The van der Waals surface area contributed by atoms with E-state index in [2.05, 4.69) is 176 Å². The SMILES string of the molecule is c1ccc(-c2ccc(-c3cc(-c4ccccc4)nc(-c4cc(-c5ccccc5)cc(-c5nc(-c6ccccc6)c6ccc(-c7ccccc7)cc6n5)c4)n3)cc2)cc1. The Balaban J connectivity index is 1.17. The number of fused-ring (bicyclic) bond motifs is 1. The highest BCUT2D eigenvalue weighted by Gasteiger charge is 2.17. The third-order valence-electron chi connectivity index (χ3n) is 10.5. The highest BCUT2D eigenvalue weighted by Crippen LogP contribution is 2.37. The summed E-state index contributed by atoms with van der Waals surface area (Å²) in [6.45, 7) is 0. The fraction of sp³-hybridized carbons (Fsp3) is 0. The molecule has 0 fully saturated rings. The van der Waals surface area contributed by atoms with E-state index in [1.54, 1.807) is 0 Å². The molecule has 272 valence electrons. The van der Waals surface area contributed by atoms with Crippen molar-refractivity contribution in [3.05, 3.63) is 218 Å². The second-order valence-corrected chi connectivity index (χ2v) is 14.3. The van der Waals surface area contributed by atoms with Crippen molar-refractivity contribution < 1.29 is 0 Å². The Morgan fingerprint density at radius 2 is 0.603 bits per heavy atom. The van der Waals surface area contributed by atoms with Crippen molar-refractivity contribution in [3.63, 3.8) is 0 Å². The summed E-state index contributed by atoms with van der Waals surface area (Å²) >= 11 is 0. The van der Waals surface area contributed by atoms with E-state index >= 15 is 0 Å². The van der Waals surface area contributed by atoms with Crippen LogP contribution in [0, 0.1) is 0 Å². The standard InChI is InChI=1S/C54H36N4/c1-6-16-37(17-7-1)40-26-28-42(29-27-40)50-36-49(41-22-12-4-13-23-41)55-53(56-50)46-32-45(39-20-10-3-11-21-39)33-47(34-46)54-57-51-35-44(38-18-8-2-9-19-38)30-31-48(51)52(58-54)43-24-14-5-15-25-43/h1-36H. The third-order valence-corrected chi connectivity index (χ3v) is 10.5. The molecule has 10 aromatic rings. The van der Waals surface area contributed by atoms with E-state index in [9.17, 15) is 0 Å². The molecular weight excluding hydrogens is 705 g/mol. The van der Waals surface area contributed by atoms with Crippen LogP contribution in [0.1, 0.15) is 0 Å². The van der Waals surface area contributed by atoms with Gasteiger partial charge in [0, 0.05) is 33.2 Å². The van der Waals surface area contributed by atoms with Gasteiger partial charge in [-0.15, -0.1) is 0 Å². The van der Waals surface area contributed by atoms with Crippen LogP contribution in [0.3, 0.4) is 0 Å². The van der Waals surface area contributed by atoms with Crippen LogP contribution < -0.4 is 0 Å². The Morgan fingerprint density at radius 1 is 0.224 bits per heavy atom. The smallest absolute Gasteiger partial charge is 0.160 e. The maximum Gasteiger partial charge on any atom is 0.160 e. The molecule has 0 aliphatic rings. The quantitative estimate of drug-likeness (QED) is 0.156. The van der Waals surface area contributed by atoms with Gasteiger partial charge >= 0.3 is 0 Å². The zero-order valence-electron chi connectivity index (χ0n) is 31.6. The fourth-order valence-corrected chi connectivity index (χ4v) is 7.51. The number of hydrogen-bond acceptors (Lipinski definition) is 4. The van der Waals surface area contributed by atoms with Crippen molar-refractivity contribution in [1.29, 1.82) is 0 Å². The summed E-state index contributed by atoms with van der Waals surface area (Å²) in [6.07, 6.45) is 0. The highest BCUT2D eigenvalue weighted by molar-refractivity contribution is 5.96. The first-order valence-corrected chi connectivity index (χ1v) is 19.5. The molecule has 4 nitrogen and oxygen atoms in total. The van der Waals surface area contributed by atoms with Gasteiger partial charge in [-0.1, -0.05) is 182 Å². The predicted octanol–water partition coefficient (Wildman–Crippen LogP) is 13.8. The van der Waals surface area contributed by atoms with Gasteiger partial charge in [0.1, 0.15) is 0 Å². The Hall–Kier alpha value is -7.82. The minimum absolute atomic E-state index is 0.623. The molecule has 0 unspecified atom stereocenters. The van der Waals surface area contributed by atoms with Crippen LogP contribution in [0.5, 0.6) is 0 Å². The Morgan fingerprint density at radius 3 is 1.16 bits per heavy atom. The van der Waals surface area contributed by atoms with Crippen LogP contribution >= 0.6 is 0 Å². The zero-order chi connectivity index (χ0) is 38.7. The maximum atomic E-state index is 5.32. The fourth-order valence-electron chi connectivity index (χ4n) is 7.51. The van der Waals surface area contributed by atoms with Crippen molar-refractivity contribution in [1.82, 2.24) is 19.9 Å². The summed E-state index contributed by atoms with van der Waals surface area (Å²) < 4.78 is 0. The summed E-state index contributed by atoms with van der Waals surface area (Å²) in [5.41, 5.74) is 15.0. The van der Waals surface area contributed by atoms with Gasteiger partial charge < -0.3 is 0 Å². The molecule has 2 aromatic heterocycles. The van der Waals surface area contributed by atoms with Gasteiger partial charge in [0.05, 0.1) is 22.6 Å². The van der Waals surface area contributed by atoms with Gasteiger partial charge in [0.15, 0.2) is 11.6 Å². The zero-order valence-corrected chi connectivity index (χ0v) is 31.6. The summed E-state index contributed by atoms with van der Waals surface area (Å²) in [5, 5.41) is 0.996. The number of nitrogens with zero attached hydrogens (tertiary/aromatic N) is 4. The van der Waals surface area contributed by atoms with E-state index < -0.39 is 0 Å². The Labute approximate surface area is 337 Å². The van der Waals surface area contributed by atoms with Crippen molar-refractivity contribution in [2.75, 3.05) is 0 Å². The third kappa shape index (κ3) is 7.07. The van der Waals surface area contributed by atoms with Crippen LogP contribution in [0.25, 0.3) is 101 Å². The summed E-state index contributed by atoms with van der Waals surface area (Å²) in [5.74, 6) is 1.25. The van der Waals surface area contributed by atoms with Crippen LogP contribution in [-0.2, 0) is 0 Å². The second kappa shape index (κ2) is 15.4. The second-order valence-electron chi connectivity index (χ2n) is 14.3. The topological polar surface area (TPSA) is 51.6 Å². The molecule has 0 saturated heterocycles. The first-order chi connectivity index (χ1) is 28.7. The van der Waals surface area contributed by atoms with Gasteiger partial charge in [0.2, 0.25) is 0 Å². The number of hydrogen-bond donors (Lipinski definition) is 0. The highest BCUT2D eigenvalue weighted by atomic mass is 14.9. The number of rotatable bonds is 8. The number of benzene rings is 8. The van der Waals surface area contributed by atoms with Gasteiger partial charge in [-0.2, -0.15) is 0 Å². The van der Waals surface area contributed by atoms with Crippen LogP contribution in [-0.4, -0.2) is 19.9 Å². The van der Waals surface area contributed by atoms with Gasteiger partial charge in [-0.05, 0) is 69.8 Å². The summed E-state index contributed by atoms with van der Waals surface area (Å²) in [7, 11) is 0. The van der Waals surface area contributed by atoms with Gasteiger partial charge in [-0.3, -0.25) is 0 Å². The van der Waals surface area contributed by atoms with Crippen LogP contribution in [0.4, 0.5) is 0 Å². The molecule has 10 rings (SSSR count). The maximum absolute atomic E-state index is 5.32. The summed E-state index contributed by atoms with van der Waals surface area (Å²) in [4.78, 5) is 21.1. The van der Waals surface area contributed by atoms with Crippen molar-refractivity contribution in [2.45, 2.75) is 0 Å². The van der Waals surface area contributed by atoms with Crippen molar-refractivity contribution in [3.8, 4) is 89.9 Å². The molecule has 0 N–H and O–H groups in total. The average molecular weight is 741 g/mol. The minimum Gasteiger partial charge on any atom is -0.228 e. The van der Waals surface area contributed by atoms with E-state index in [0.717, 1.165) is 83.6 Å². The molecule has 0 spiro atoms. The molecule has 0 saturated carbocycles. The first-order valence-electron chi connectivity index (χ1n) is 19.5. The molecule has 0 atom stereocenters. The van der Waals surface area contributed by atoms with Gasteiger partial charge in [-0.25, -0.2) is 19.9 Å². The molecular formula is C54H36N4. The first kappa shape index (κ1) is 34.7. The average Bonchev–Trinajstić information content (AvgIpc) is 3.32. The number of aromatic nitrogens is 4. The van der Waals surface area contributed by atoms with Crippen molar-refractivity contribution in [2.24, 2.45) is 0 Å². The lowest BCUT2D eigenvalue weighted by Crippen LogP contribution is -1.99. The van der Waals surface area contributed by atoms with Gasteiger partial charge in [0.25, 0.3) is 0 Å². The minimum atomic E-state index is 0.623. The molecule has 0 radical (unpaired) electrons. The lowest BCUT2D eigenvalue weighted by atomic mass is 9.97. The van der Waals surface area contributed by atoms with E-state index in [1.807, 2.05) is 42.5 Å². The molecule has 0 aliphatic heterocycles. The largest absolute Gasteiger partial charge is 0.228 e. The molecule has 0 amide bonds. The predicted molar refractivity (Wildman–Crippen MR) is 239 cm³/mol. The molecule has 0 aliphatic carbocycles. The Bertz CT molecular complexity index is 3010. The molecule has 58 heavy (non-hydrogen) atoms. The molecule has 2 heterocycles. The van der Waals surface area contributed by atoms with E-state index in [-0.39, 0.29) is 0 Å². The lowest BCUT2D eigenvalue weighted by molar-refractivity contribution is 1.18. The normalized spacial score (nSPS) is 11.1. The molecule has 8 aromatic carbocycles.